The number of halogens is 3. The number of furan rings is 1. The molecule has 0 saturated heterocycles. The molecule has 1 N–H and O–H groups in total. The van der Waals surface area contributed by atoms with E-state index < -0.39 is 17.6 Å². The number of hydrogen-bond acceptors (Lipinski definition) is 3. The van der Waals surface area contributed by atoms with Crippen LogP contribution >= 0.6 is 0 Å². The summed E-state index contributed by atoms with van der Waals surface area (Å²) in [5, 5.41) is 2.63. The monoisotopic (exact) mass is 402 g/mol. The summed E-state index contributed by atoms with van der Waals surface area (Å²) in [6.45, 7) is 0.109. The molecule has 0 atom stereocenters. The van der Waals surface area contributed by atoms with Crippen LogP contribution in [0.1, 0.15) is 32.0 Å². The van der Waals surface area contributed by atoms with Crippen LogP contribution in [0.2, 0.25) is 0 Å². The third-order valence-corrected chi connectivity index (χ3v) is 4.20. The summed E-state index contributed by atoms with van der Waals surface area (Å²) in [6, 6.07) is 14.2. The number of nitrogens with zero attached hydrogens (tertiary/aromatic N) is 1. The van der Waals surface area contributed by atoms with Crippen molar-refractivity contribution in [2.45, 2.75) is 12.7 Å². The lowest BCUT2D eigenvalue weighted by Crippen LogP contribution is -2.27. The van der Waals surface area contributed by atoms with Crippen LogP contribution in [0, 0.1) is 0 Å². The van der Waals surface area contributed by atoms with E-state index in [4.69, 9.17) is 4.42 Å². The lowest BCUT2D eigenvalue weighted by atomic mass is 10.1. The van der Waals surface area contributed by atoms with Gasteiger partial charge in [0.1, 0.15) is 0 Å². The molecule has 5 nitrogen and oxygen atoms in total. The van der Waals surface area contributed by atoms with Crippen LogP contribution in [0.4, 0.5) is 18.9 Å². The van der Waals surface area contributed by atoms with Crippen molar-refractivity contribution in [2.24, 2.45) is 0 Å². The fraction of sp³-hybridized carbons (Fsp3) is 0.143. The molecule has 150 valence electrons. The maximum Gasteiger partial charge on any atom is 0.416 e. The third-order valence-electron chi connectivity index (χ3n) is 4.20. The van der Waals surface area contributed by atoms with Gasteiger partial charge in [-0.2, -0.15) is 13.2 Å². The minimum absolute atomic E-state index is 0.102. The normalized spacial score (nSPS) is 11.2. The Morgan fingerprint density at radius 2 is 1.69 bits per heavy atom. The predicted octanol–water partition coefficient (Wildman–Crippen LogP) is 4.82. The van der Waals surface area contributed by atoms with Crippen LogP contribution in [0.15, 0.2) is 71.3 Å². The summed E-state index contributed by atoms with van der Waals surface area (Å²) in [4.78, 5) is 26.4. The Morgan fingerprint density at radius 3 is 2.31 bits per heavy atom. The molecular formula is C21H17F3N2O3. The number of amides is 2. The topological polar surface area (TPSA) is 62.6 Å². The highest BCUT2D eigenvalue weighted by atomic mass is 19.4. The average molecular weight is 402 g/mol. The lowest BCUT2D eigenvalue weighted by Gasteiger charge is -2.19. The Bertz CT molecular complexity index is 997. The maximum absolute atomic E-state index is 12.8. The molecule has 0 aliphatic carbocycles. The van der Waals surface area contributed by atoms with Crippen molar-refractivity contribution >= 4 is 17.5 Å². The van der Waals surface area contributed by atoms with Gasteiger partial charge in [-0.15, -0.1) is 0 Å². The summed E-state index contributed by atoms with van der Waals surface area (Å²) in [5.41, 5.74) is 0.354. The highest BCUT2D eigenvalue weighted by Crippen LogP contribution is 2.29. The zero-order valence-corrected chi connectivity index (χ0v) is 15.4. The zero-order valence-electron chi connectivity index (χ0n) is 15.4. The molecule has 2 amide bonds. The standard InChI is InChI=1S/C21H17F3N2O3/c1-26(13-14-8-10-15(11-9-14)21(22,23)24)20(28)16-5-2-3-6-17(16)25-19(27)18-7-4-12-29-18/h2-12H,13H2,1H3,(H,25,27). The number of para-hydroxylation sites is 1. The van der Waals surface area contributed by atoms with E-state index >= 15 is 0 Å². The van der Waals surface area contributed by atoms with Crippen LogP contribution in [-0.2, 0) is 12.7 Å². The summed E-state index contributed by atoms with van der Waals surface area (Å²) < 4.78 is 43.1. The van der Waals surface area contributed by atoms with Gasteiger partial charge in [-0.05, 0) is 42.0 Å². The van der Waals surface area contributed by atoms with Crippen molar-refractivity contribution in [1.82, 2.24) is 4.90 Å². The van der Waals surface area contributed by atoms with Crippen molar-refractivity contribution in [3.05, 3.63) is 89.4 Å². The van der Waals surface area contributed by atoms with Gasteiger partial charge in [0.15, 0.2) is 5.76 Å². The molecule has 0 bridgehead atoms. The van der Waals surface area contributed by atoms with Crippen LogP contribution in [-0.4, -0.2) is 23.8 Å². The molecule has 2 aromatic carbocycles. The van der Waals surface area contributed by atoms with Gasteiger partial charge in [0.2, 0.25) is 0 Å². The van der Waals surface area contributed by atoms with E-state index in [1.54, 1.807) is 30.3 Å². The van der Waals surface area contributed by atoms with Gasteiger partial charge in [0.25, 0.3) is 11.8 Å². The molecule has 8 heteroatoms. The molecule has 0 radical (unpaired) electrons. The Balaban J connectivity index is 1.73. The van der Waals surface area contributed by atoms with Crippen LogP contribution in [0.3, 0.4) is 0 Å². The molecular weight excluding hydrogens is 385 g/mol. The van der Waals surface area contributed by atoms with E-state index in [1.165, 1.54) is 36.4 Å². The number of alkyl halides is 3. The van der Waals surface area contributed by atoms with E-state index in [9.17, 15) is 22.8 Å². The van der Waals surface area contributed by atoms with Crippen LogP contribution in [0.25, 0.3) is 0 Å². The molecule has 0 aliphatic rings. The first-order chi connectivity index (χ1) is 13.8. The van der Waals surface area contributed by atoms with E-state index in [0.717, 1.165) is 12.1 Å². The maximum atomic E-state index is 12.8. The predicted molar refractivity (Wildman–Crippen MR) is 100 cm³/mol. The number of carbonyl (C=O) groups excluding carboxylic acids is 2. The molecule has 1 heterocycles. The SMILES string of the molecule is CN(Cc1ccc(C(F)(F)F)cc1)C(=O)c1ccccc1NC(=O)c1ccco1. The molecule has 3 rings (SSSR count). The Labute approximate surface area is 164 Å². The molecule has 0 fully saturated rings. The number of anilines is 1. The molecule has 0 spiro atoms. The number of hydrogen-bond donors (Lipinski definition) is 1. The van der Waals surface area contributed by atoms with E-state index in [2.05, 4.69) is 5.32 Å². The molecule has 29 heavy (non-hydrogen) atoms. The summed E-state index contributed by atoms with van der Waals surface area (Å²) in [6.07, 6.45) is -3.05. The van der Waals surface area contributed by atoms with Crippen molar-refractivity contribution in [1.29, 1.82) is 0 Å². The fourth-order valence-corrected chi connectivity index (χ4v) is 2.72. The lowest BCUT2D eigenvalue weighted by molar-refractivity contribution is -0.137. The highest BCUT2D eigenvalue weighted by Gasteiger charge is 2.30. The fourth-order valence-electron chi connectivity index (χ4n) is 2.72. The summed E-state index contributed by atoms with van der Waals surface area (Å²) >= 11 is 0. The van der Waals surface area contributed by atoms with E-state index in [1.807, 2.05) is 0 Å². The van der Waals surface area contributed by atoms with Crippen molar-refractivity contribution < 1.29 is 27.2 Å². The minimum atomic E-state index is -4.41. The zero-order chi connectivity index (χ0) is 21.0. The summed E-state index contributed by atoms with van der Waals surface area (Å²) in [5.74, 6) is -0.786. The van der Waals surface area contributed by atoms with Crippen LogP contribution in [0.5, 0.6) is 0 Å². The average Bonchev–Trinajstić information content (AvgIpc) is 3.22. The quantitative estimate of drug-likeness (QED) is 0.665. The molecule has 0 aliphatic heterocycles. The van der Waals surface area contributed by atoms with E-state index in [-0.39, 0.29) is 23.8 Å². The Hall–Kier alpha value is -3.55. The van der Waals surface area contributed by atoms with Gasteiger partial charge in [0, 0.05) is 13.6 Å². The van der Waals surface area contributed by atoms with Gasteiger partial charge in [-0.25, -0.2) is 0 Å². The second-order valence-corrected chi connectivity index (χ2v) is 6.33. The number of carbonyl (C=O) groups is 2. The molecule has 0 unspecified atom stereocenters. The largest absolute Gasteiger partial charge is 0.459 e. The third kappa shape index (κ3) is 4.84. The van der Waals surface area contributed by atoms with Gasteiger partial charge >= 0.3 is 6.18 Å². The number of nitrogens with one attached hydrogen (secondary N) is 1. The van der Waals surface area contributed by atoms with Gasteiger partial charge < -0.3 is 14.6 Å². The second-order valence-electron chi connectivity index (χ2n) is 6.33. The Morgan fingerprint density at radius 1 is 1.00 bits per heavy atom. The second kappa shape index (κ2) is 8.22. The molecule has 1 aromatic heterocycles. The molecule has 0 saturated carbocycles. The smallest absolute Gasteiger partial charge is 0.416 e. The Kier molecular flexibility index (Phi) is 5.72. The van der Waals surface area contributed by atoms with Gasteiger partial charge in [-0.3, -0.25) is 9.59 Å². The van der Waals surface area contributed by atoms with Crippen LogP contribution < -0.4 is 5.32 Å². The molecule has 3 aromatic rings. The summed E-state index contributed by atoms with van der Waals surface area (Å²) in [7, 11) is 1.53. The highest BCUT2D eigenvalue weighted by molar-refractivity contribution is 6.07. The first-order valence-corrected chi connectivity index (χ1v) is 8.61. The van der Waals surface area contributed by atoms with Gasteiger partial charge in [-0.1, -0.05) is 24.3 Å². The van der Waals surface area contributed by atoms with Crippen molar-refractivity contribution in [2.75, 3.05) is 12.4 Å². The van der Waals surface area contributed by atoms with Gasteiger partial charge in [0.05, 0.1) is 23.1 Å². The first kappa shape index (κ1) is 20.2. The number of benzene rings is 2. The van der Waals surface area contributed by atoms with Crippen molar-refractivity contribution in [3.8, 4) is 0 Å². The van der Waals surface area contributed by atoms with E-state index in [0.29, 0.717) is 11.3 Å². The minimum Gasteiger partial charge on any atom is -0.459 e. The first-order valence-electron chi connectivity index (χ1n) is 8.61. The number of rotatable bonds is 5. The van der Waals surface area contributed by atoms with Crippen molar-refractivity contribution in [3.63, 3.8) is 0 Å².